The molecule has 2 aromatic rings. The largest absolute Gasteiger partial charge is 0.489 e. The Labute approximate surface area is 135 Å². The summed E-state index contributed by atoms with van der Waals surface area (Å²) in [6.45, 7) is 3.54. The second kappa shape index (κ2) is 5.48. The normalized spacial score (nSPS) is 13.2. The molecule has 1 aromatic heterocycles. The molecule has 7 nitrogen and oxygen atoms in total. The summed E-state index contributed by atoms with van der Waals surface area (Å²) in [4.78, 5) is 36.0. The maximum absolute atomic E-state index is 13.7. The van der Waals surface area contributed by atoms with E-state index in [2.05, 4.69) is 5.32 Å². The van der Waals surface area contributed by atoms with Crippen LogP contribution in [-0.4, -0.2) is 22.5 Å². The van der Waals surface area contributed by atoms with Crippen molar-refractivity contribution in [2.45, 2.75) is 20.0 Å². The third-order valence-electron chi connectivity index (χ3n) is 3.48. The van der Waals surface area contributed by atoms with Gasteiger partial charge in [-0.1, -0.05) is 0 Å². The lowest BCUT2D eigenvalue weighted by Gasteiger charge is -2.18. The summed E-state index contributed by atoms with van der Waals surface area (Å²) >= 11 is 0. The predicted molar refractivity (Wildman–Crippen MR) is 84.0 cm³/mol. The van der Waals surface area contributed by atoms with Crippen LogP contribution in [0.15, 0.2) is 29.1 Å². The number of carbonyl (C=O) groups excluding carboxylic acids is 2. The Morgan fingerprint density at radius 3 is 2.54 bits per heavy atom. The van der Waals surface area contributed by atoms with E-state index in [1.54, 1.807) is 13.8 Å². The zero-order valence-electron chi connectivity index (χ0n) is 12.9. The Hall–Kier alpha value is -3.16. The van der Waals surface area contributed by atoms with E-state index in [9.17, 15) is 18.8 Å². The van der Waals surface area contributed by atoms with Crippen LogP contribution in [0.1, 0.15) is 34.6 Å². The van der Waals surface area contributed by atoms with Gasteiger partial charge in [-0.2, -0.15) is 0 Å². The highest BCUT2D eigenvalue weighted by atomic mass is 19.1. The Kier molecular flexibility index (Phi) is 3.59. The highest BCUT2D eigenvalue weighted by Crippen LogP contribution is 2.29. The number of amides is 2. The van der Waals surface area contributed by atoms with Gasteiger partial charge in [-0.25, -0.2) is 4.39 Å². The monoisotopic (exact) mass is 331 g/mol. The number of nitrogens with zero attached hydrogens (tertiary/aromatic N) is 1. The predicted octanol–water partition coefficient (Wildman–Crippen LogP) is 1.23. The number of benzene rings is 1. The van der Waals surface area contributed by atoms with Crippen molar-refractivity contribution in [1.82, 2.24) is 9.88 Å². The van der Waals surface area contributed by atoms with Gasteiger partial charge in [0.1, 0.15) is 17.4 Å². The lowest BCUT2D eigenvalue weighted by molar-refractivity contribution is 0.0880. The minimum Gasteiger partial charge on any atom is -0.489 e. The number of hydrogen-bond donors (Lipinski definition) is 2. The van der Waals surface area contributed by atoms with Crippen molar-refractivity contribution in [1.29, 1.82) is 0 Å². The molecule has 0 saturated carbocycles. The van der Waals surface area contributed by atoms with E-state index in [1.807, 2.05) is 0 Å². The smallest absolute Gasteiger partial charge is 0.262 e. The van der Waals surface area contributed by atoms with Crippen molar-refractivity contribution >= 4 is 17.6 Å². The van der Waals surface area contributed by atoms with Crippen LogP contribution < -0.4 is 21.3 Å². The molecule has 2 heterocycles. The van der Waals surface area contributed by atoms with Crippen molar-refractivity contribution < 1.29 is 18.7 Å². The first kappa shape index (κ1) is 15.7. The molecular weight excluding hydrogens is 317 g/mol. The van der Waals surface area contributed by atoms with E-state index in [4.69, 9.17) is 10.5 Å². The van der Waals surface area contributed by atoms with E-state index in [0.717, 1.165) is 16.7 Å². The SMILES string of the molecule is CC(C)Oc1ccc(F)cc1-n1c(N)c2c(cc1=O)C(=O)NC2=O. The number of nitrogens with two attached hydrogens (primary N) is 1. The summed E-state index contributed by atoms with van der Waals surface area (Å²) in [5.41, 5.74) is 5.12. The molecule has 0 unspecified atom stereocenters. The highest BCUT2D eigenvalue weighted by molar-refractivity contribution is 6.23. The van der Waals surface area contributed by atoms with Gasteiger partial charge in [0.25, 0.3) is 17.4 Å². The minimum absolute atomic E-state index is 0.0566. The number of ether oxygens (including phenoxy) is 1. The van der Waals surface area contributed by atoms with Gasteiger partial charge in [0.15, 0.2) is 0 Å². The van der Waals surface area contributed by atoms with Crippen molar-refractivity contribution in [3.05, 3.63) is 51.6 Å². The standard InChI is InChI=1S/C16H14FN3O4/c1-7(2)24-11-4-3-8(17)5-10(11)20-12(21)6-9-13(14(20)18)16(23)19-15(9)22/h3-7H,18H2,1-2H3,(H,19,22,23). The fraction of sp³-hybridized carbons (Fsp3) is 0.188. The third kappa shape index (κ3) is 2.41. The van der Waals surface area contributed by atoms with Crippen molar-refractivity contribution in [3.63, 3.8) is 0 Å². The molecule has 0 saturated heterocycles. The average Bonchev–Trinajstić information content (AvgIpc) is 2.76. The fourth-order valence-corrected chi connectivity index (χ4v) is 2.55. The van der Waals surface area contributed by atoms with Crippen molar-refractivity contribution in [2.75, 3.05) is 5.73 Å². The van der Waals surface area contributed by atoms with Crippen LogP contribution in [0.25, 0.3) is 5.69 Å². The van der Waals surface area contributed by atoms with E-state index >= 15 is 0 Å². The molecule has 0 atom stereocenters. The van der Waals surface area contributed by atoms with Crippen LogP contribution in [0.2, 0.25) is 0 Å². The maximum atomic E-state index is 13.7. The number of nitrogen functional groups attached to an aromatic ring is 1. The first-order valence-corrected chi connectivity index (χ1v) is 7.17. The number of halogens is 1. The summed E-state index contributed by atoms with van der Waals surface area (Å²) in [5.74, 6) is -2.02. The van der Waals surface area contributed by atoms with Crippen LogP contribution >= 0.6 is 0 Å². The summed E-state index contributed by atoms with van der Waals surface area (Å²) in [5, 5.41) is 2.07. The maximum Gasteiger partial charge on any atom is 0.262 e. The lowest BCUT2D eigenvalue weighted by atomic mass is 10.1. The second-order valence-corrected chi connectivity index (χ2v) is 5.55. The molecule has 1 aliphatic rings. The van der Waals surface area contributed by atoms with Gasteiger partial charge in [-0.15, -0.1) is 0 Å². The average molecular weight is 331 g/mol. The zero-order valence-corrected chi connectivity index (χ0v) is 12.9. The van der Waals surface area contributed by atoms with Gasteiger partial charge in [-0.05, 0) is 26.0 Å². The number of fused-ring (bicyclic) bond motifs is 1. The number of hydrogen-bond acceptors (Lipinski definition) is 5. The van der Waals surface area contributed by atoms with Crippen LogP contribution in [-0.2, 0) is 0 Å². The van der Waals surface area contributed by atoms with Crippen LogP contribution in [0.4, 0.5) is 10.2 Å². The lowest BCUT2D eigenvalue weighted by Crippen LogP contribution is -2.25. The Morgan fingerprint density at radius 2 is 1.88 bits per heavy atom. The molecule has 8 heteroatoms. The summed E-state index contributed by atoms with van der Waals surface area (Å²) in [6.07, 6.45) is -0.231. The molecule has 2 amide bonds. The molecule has 24 heavy (non-hydrogen) atoms. The highest BCUT2D eigenvalue weighted by Gasteiger charge is 2.32. The second-order valence-electron chi connectivity index (χ2n) is 5.55. The van der Waals surface area contributed by atoms with E-state index < -0.39 is 23.2 Å². The topological polar surface area (TPSA) is 103 Å². The fourth-order valence-electron chi connectivity index (χ4n) is 2.55. The van der Waals surface area contributed by atoms with Crippen LogP contribution in [0.5, 0.6) is 5.75 Å². The Bertz CT molecular complexity index is 934. The first-order valence-electron chi connectivity index (χ1n) is 7.17. The van der Waals surface area contributed by atoms with Gasteiger partial charge >= 0.3 is 0 Å². The third-order valence-corrected chi connectivity index (χ3v) is 3.48. The number of aromatic nitrogens is 1. The van der Waals surface area contributed by atoms with E-state index in [0.29, 0.717) is 0 Å². The van der Waals surface area contributed by atoms with Crippen molar-refractivity contribution in [2.24, 2.45) is 0 Å². The molecular formula is C16H14FN3O4. The number of anilines is 1. The molecule has 124 valence electrons. The van der Waals surface area contributed by atoms with E-state index in [1.165, 1.54) is 12.1 Å². The Balaban J connectivity index is 2.31. The van der Waals surface area contributed by atoms with Gasteiger partial charge in [0.2, 0.25) is 0 Å². The first-order chi connectivity index (χ1) is 11.3. The summed E-state index contributed by atoms with van der Waals surface area (Å²) < 4.78 is 20.2. The number of rotatable bonds is 3. The number of carbonyl (C=O) groups is 2. The molecule has 0 radical (unpaired) electrons. The summed E-state index contributed by atoms with van der Waals surface area (Å²) in [7, 11) is 0. The van der Waals surface area contributed by atoms with Crippen LogP contribution in [0.3, 0.4) is 0 Å². The molecule has 0 aliphatic carbocycles. The van der Waals surface area contributed by atoms with E-state index in [-0.39, 0.29) is 34.5 Å². The molecule has 1 aliphatic heterocycles. The molecule has 3 rings (SSSR count). The number of imide groups is 1. The molecule has 0 fully saturated rings. The number of nitrogens with one attached hydrogen (secondary N) is 1. The van der Waals surface area contributed by atoms with Gasteiger partial charge < -0.3 is 10.5 Å². The van der Waals surface area contributed by atoms with Gasteiger partial charge in [-0.3, -0.25) is 24.3 Å². The quantitative estimate of drug-likeness (QED) is 0.823. The van der Waals surface area contributed by atoms with Crippen LogP contribution in [0, 0.1) is 5.82 Å². The Morgan fingerprint density at radius 1 is 1.17 bits per heavy atom. The zero-order chi connectivity index (χ0) is 17.6. The van der Waals surface area contributed by atoms with Crippen molar-refractivity contribution in [3.8, 4) is 11.4 Å². The molecule has 0 spiro atoms. The van der Waals surface area contributed by atoms with Gasteiger partial charge in [0, 0.05) is 12.1 Å². The number of pyridine rings is 1. The molecule has 0 bridgehead atoms. The summed E-state index contributed by atoms with van der Waals surface area (Å²) in [6, 6.07) is 4.63. The molecule has 3 N–H and O–H groups in total. The van der Waals surface area contributed by atoms with Gasteiger partial charge in [0.05, 0.1) is 22.9 Å². The molecule has 1 aromatic carbocycles. The minimum atomic E-state index is -0.705.